The Kier molecular flexibility index (Phi) is 7.36. The van der Waals surface area contributed by atoms with E-state index in [0.29, 0.717) is 11.6 Å². The number of aryl methyl sites for hydroxylation is 1. The molecule has 2 aliphatic heterocycles. The van der Waals surface area contributed by atoms with Gasteiger partial charge < -0.3 is 29.7 Å². The van der Waals surface area contributed by atoms with Crippen LogP contribution in [0.2, 0.25) is 0 Å². The van der Waals surface area contributed by atoms with Gasteiger partial charge in [0.15, 0.2) is 0 Å². The molecule has 1 saturated heterocycles. The second-order valence-electron chi connectivity index (χ2n) is 11.2. The highest BCUT2D eigenvalue weighted by atomic mass is 16.5. The molecule has 6 rings (SSSR count). The highest BCUT2D eigenvalue weighted by molar-refractivity contribution is 5.90. The lowest BCUT2D eigenvalue weighted by Crippen LogP contribution is -2.45. The van der Waals surface area contributed by atoms with E-state index in [2.05, 4.69) is 62.9 Å². The van der Waals surface area contributed by atoms with Crippen molar-refractivity contribution < 1.29 is 9.53 Å². The first-order valence-electron chi connectivity index (χ1n) is 14.2. The van der Waals surface area contributed by atoms with Crippen LogP contribution >= 0.6 is 0 Å². The van der Waals surface area contributed by atoms with Crippen molar-refractivity contribution in [3.05, 3.63) is 89.2 Å². The second-order valence-corrected chi connectivity index (χ2v) is 11.2. The van der Waals surface area contributed by atoms with E-state index in [9.17, 15) is 4.79 Å². The molecule has 41 heavy (non-hydrogen) atoms. The third-order valence-electron chi connectivity index (χ3n) is 8.19. The monoisotopic (exact) mass is 551 g/mol. The van der Waals surface area contributed by atoms with Gasteiger partial charge in [0.1, 0.15) is 23.9 Å². The molecule has 1 atom stereocenters. The first-order chi connectivity index (χ1) is 19.8. The number of carbonyl (C=O) groups excluding carboxylic acids is 1. The Bertz CT molecular complexity index is 1540. The van der Waals surface area contributed by atoms with Gasteiger partial charge in [0.05, 0.1) is 0 Å². The van der Waals surface area contributed by atoms with Gasteiger partial charge in [0.2, 0.25) is 5.95 Å². The van der Waals surface area contributed by atoms with Crippen molar-refractivity contribution in [2.45, 2.75) is 32.5 Å². The number of ether oxygens (including phenoxy) is 1. The summed E-state index contributed by atoms with van der Waals surface area (Å²) < 4.78 is 7.42. The van der Waals surface area contributed by atoms with Crippen LogP contribution < -0.4 is 15.5 Å². The van der Waals surface area contributed by atoms with Gasteiger partial charge in [0.25, 0.3) is 0 Å². The summed E-state index contributed by atoms with van der Waals surface area (Å²) in [5.41, 5.74) is 12.3. The van der Waals surface area contributed by atoms with Crippen LogP contribution in [0.5, 0.6) is 0 Å². The lowest BCUT2D eigenvalue weighted by molar-refractivity contribution is 0.0461. The normalized spacial score (nSPS) is 17.4. The Morgan fingerprint density at radius 2 is 1.68 bits per heavy atom. The molecule has 2 aromatic heterocycles. The summed E-state index contributed by atoms with van der Waals surface area (Å²) in [7, 11) is 4.02. The number of nitrogens with zero attached hydrogens (tertiary/aromatic N) is 6. The summed E-state index contributed by atoms with van der Waals surface area (Å²) in [6.45, 7) is 7.05. The van der Waals surface area contributed by atoms with Gasteiger partial charge in [0, 0.05) is 63.6 Å². The van der Waals surface area contributed by atoms with Crippen LogP contribution in [-0.2, 0) is 31.4 Å². The molecule has 4 heterocycles. The molecule has 9 heteroatoms. The number of fused-ring (bicyclic) bond motifs is 1. The van der Waals surface area contributed by atoms with Crippen molar-refractivity contribution >= 4 is 23.6 Å². The first-order valence-corrected chi connectivity index (χ1v) is 14.2. The number of anilines is 3. The average molecular weight is 552 g/mol. The van der Waals surface area contributed by atoms with Crippen molar-refractivity contribution in [3.8, 4) is 11.1 Å². The van der Waals surface area contributed by atoms with Crippen molar-refractivity contribution in [3.63, 3.8) is 0 Å². The lowest BCUT2D eigenvalue weighted by atomic mass is 9.92. The third-order valence-corrected chi connectivity index (χ3v) is 8.19. The molecule has 2 N–H and O–H groups in total. The number of nitrogen functional groups attached to an aromatic ring is 1. The van der Waals surface area contributed by atoms with Crippen molar-refractivity contribution in [2.24, 2.45) is 7.05 Å². The van der Waals surface area contributed by atoms with Gasteiger partial charge in [-0.15, -0.1) is 0 Å². The summed E-state index contributed by atoms with van der Waals surface area (Å²) in [6.07, 6.45) is 2.90. The number of nitrogens with two attached hydrogens (primary N) is 1. The molecule has 1 fully saturated rings. The predicted octanol–water partition coefficient (Wildman–Crippen LogP) is 4.12. The molecule has 212 valence electrons. The van der Waals surface area contributed by atoms with Crippen LogP contribution in [-0.4, -0.2) is 64.7 Å². The smallest absolute Gasteiger partial charge is 0.355 e. The molecule has 0 radical (unpaired) electrons. The van der Waals surface area contributed by atoms with Gasteiger partial charge in [-0.3, -0.25) is 0 Å². The minimum absolute atomic E-state index is 0.247. The van der Waals surface area contributed by atoms with E-state index in [1.807, 2.05) is 54.2 Å². The van der Waals surface area contributed by atoms with E-state index in [1.165, 1.54) is 11.1 Å². The lowest BCUT2D eigenvalue weighted by Gasteiger charge is -2.37. The Labute approximate surface area is 241 Å². The average Bonchev–Trinajstić information content (AvgIpc) is 3.37. The Morgan fingerprint density at radius 1 is 0.927 bits per heavy atom. The molecule has 2 aliphatic rings. The van der Waals surface area contributed by atoms with Crippen molar-refractivity contribution in [2.75, 3.05) is 48.8 Å². The minimum Gasteiger partial charge on any atom is -0.456 e. The molecule has 1 unspecified atom stereocenters. The topological polar surface area (TPSA) is 92.8 Å². The SMILES string of the molecule is CC1Cc2ccc(-c3cc(C(=O)OCc4ccccc4)n(C)c3)cc2CN1c1cc(N2CCN(C)CC2)nc(N)n1. The van der Waals surface area contributed by atoms with Crippen LogP contribution in [0.3, 0.4) is 0 Å². The molecule has 0 bridgehead atoms. The maximum Gasteiger partial charge on any atom is 0.355 e. The fourth-order valence-electron chi connectivity index (χ4n) is 5.73. The number of piperazine rings is 1. The minimum atomic E-state index is -0.335. The fourth-order valence-corrected chi connectivity index (χ4v) is 5.73. The largest absolute Gasteiger partial charge is 0.456 e. The van der Waals surface area contributed by atoms with Gasteiger partial charge in [-0.05, 0) is 54.8 Å². The predicted molar refractivity (Wildman–Crippen MR) is 162 cm³/mol. The number of likely N-dealkylation sites (N-methyl/N-ethyl adjacent to an activating group) is 1. The van der Waals surface area contributed by atoms with Gasteiger partial charge >= 0.3 is 5.97 Å². The molecular formula is C32H37N7O2. The summed E-state index contributed by atoms with van der Waals surface area (Å²) in [5.74, 6) is 1.72. The molecular weight excluding hydrogens is 514 g/mol. The second kappa shape index (κ2) is 11.2. The number of esters is 1. The molecule has 4 aromatic rings. The zero-order valence-corrected chi connectivity index (χ0v) is 24.0. The number of hydrogen-bond acceptors (Lipinski definition) is 8. The maximum absolute atomic E-state index is 12.9. The number of aromatic nitrogens is 3. The fraction of sp³-hybridized carbons (Fsp3) is 0.344. The highest BCUT2D eigenvalue weighted by Gasteiger charge is 2.27. The van der Waals surface area contributed by atoms with Gasteiger partial charge in [-0.25, -0.2) is 4.79 Å². The van der Waals surface area contributed by atoms with E-state index in [4.69, 9.17) is 10.5 Å². The maximum atomic E-state index is 12.9. The van der Waals surface area contributed by atoms with E-state index in [-0.39, 0.29) is 18.6 Å². The van der Waals surface area contributed by atoms with E-state index < -0.39 is 0 Å². The van der Waals surface area contributed by atoms with E-state index in [0.717, 1.165) is 67.5 Å². The van der Waals surface area contributed by atoms with Gasteiger partial charge in [-0.2, -0.15) is 9.97 Å². The zero-order valence-electron chi connectivity index (χ0n) is 24.0. The van der Waals surface area contributed by atoms with Crippen molar-refractivity contribution in [1.29, 1.82) is 0 Å². The summed E-state index contributed by atoms with van der Waals surface area (Å²) >= 11 is 0. The quantitative estimate of drug-likeness (QED) is 0.358. The van der Waals surface area contributed by atoms with Crippen LogP contribution in [0.1, 0.15) is 34.1 Å². The van der Waals surface area contributed by atoms with Crippen LogP contribution in [0.15, 0.2) is 66.9 Å². The summed E-state index contributed by atoms with van der Waals surface area (Å²) in [6, 6.07) is 20.6. The summed E-state index contributed by atoms with van der Waals surface area (Å²) in [4.78, 5) is 29.0. The Morgan fingerprint density at radius 3 is 2.46 bits per heavy atom. The number of benzene rings is 2. The van der Waals surface area contributed by atoms with Crippen LogP contribution in [0, 0.1) is 0 Å². The summed E-state index contributed by atoms with van der Waals surface area (Å²) in [5, 5.41) is 0. The molecule has 2 aromatic carbocycles. The van der Waals surface area contributed by atoms with Crippen molar-refractivity contribution in [1.82, 2.24) is 19.4 Å². The zero-order chi connectivity index (χ0) is 28.5. The molecule has 0 aliphatic carbocycles. The highest BCUT2D eigenvalue weighted by Crippen LogP contribution is 2.33. The Hall–Kier alpha value is -4.37. The third kappa shape index (κ3) is 5.76. The van der Waals surface area contributed by atoms with E-state index >= 15 is 0 Å². The number of rotatable bonds is 6. The number of carbonyl (C=O) groups is 1. The molecule has 0 saturated carbocycles. The first kappa shape index (κ1) is 26.8. The van der Waals surface area contributed by atoms with Crippen LogP contribution in [0.4, 0.5) is 17.6 Å². The molecule has 9 nitrogen and oxygen atoms in total. The molecule has 0 amide bonds. The molecule has 0 spiro atoms. The Balaban J connectivity index is 1.21. The van der Waals surface area contributed by atoms with Gasteiger partial charge in [-0.1, -0.05) is 42.5 Å². The van der Waals surface area contributed by atoms with Crippen LogP contribution in [0.25, 0.3) is 11.1 Å². The standard InChI is InChI=1S/C32H37N7O2/c1-22-15-24-9-10-25(27-17-28(37(3)19-27)31(40)41-21-23-7-5-4-6-8-23)16-26(24)20-39(22)30-18-29(34-32(33)35-30)38-13-11-36(2)12-14-38/h4-10,16-19,22H,11-15,20-21H2,1-3H3,(H2,33,34,35). The number of hydrogen-bond donors (Lipinski definition) is 1. The van der Waals surface area contributed by atoms with E-state index in [1.54, 1.807) is 0 Å².